The lowest BCUT2D eigenvalue weighted by molar-refractivity contribution is 1.08. The van der Waals surface area contributed by atoms with E-state index in [-0.39, 0.29) is 0 Å². The highest BCUT2D eigenvalue weighted by Gasteiger charge is 2.27. The molecule has 0 amide bonds. The number of nitrogens with zero attached hydrogens (tertiary/aromatic N) is 5. The molecular weight excluding hydrogens is 719 g/mol. The van der Waals surface area contributed by atoms with Gasteiger partial charge in [-0.1, -0.05) is 121 Å². The molecule has 9 aromatic carbocycles. The lowest BCUT2D eigenvalue weighted by atomic mass is 10.0. The Labute approximate surface area is 336 Å². The van der Waals surface area contributed by atoms with E-state index in [1.54, 1.807) is 0 Å². The fourth-order valence-corrected chi connectivity index (χ4v) is 10.3. The average molecular weight is 750 g/mol. The summed E-state index contributed by atoms with van der Waals surface area (Å²) in [7, 11) is 0. The van der Waals surface area contributed by atoms with Crippen molar-refractivity contribution in [3.8, 4) is 22.8 Å². The Hall–Kier alpha value is -8.02. The summed E-state index contributed by atoms with van der Waals surface area (Å²) < 4.78 is 7.27. The van der Waals surface area contributed by atoms with Gasteiger partial charge in [-0.25, -0.2) is 9.97 Å². The second kappa shape index (κ2) is 11.3. The van der Waals surface area contributed by atoms with E-state index in [1.165, 1.54) is 75.9 Å². The fraction of sp³-hybridized carbons (Fsp3) is 0. The molecule has 0 saturated carbocycles. The number of aromatic nitrogens is 5. The van der Waals surface area contributed by atoms with Crippen LogP contribution in [0.15, 0.2) is 188 Å². The van der Waals surface area contributed by atoms with Crippen molar-refractivity contribution >= 4 is 104 Å². The molecule has 0 spiro atoms. The van der Waals surface area contributed by atoms with E-state index >= 15 is 0 Å². The summed E-state index contributed by atoms with van der Waals surface area (Å²) in [5.74, 6) is 0.813. The normalized spacial score (nSPS) is 12.4. The van der Waals surface area contributed by atoms with Gasteiger partial charge in [-0.05, 0) is 77.5 Å². The lowest BCUT2D eigenvalue weighted by Crippen LogP contribution is -2.04. The van der Waals surface area contributed by atoms with Crippen LogP contribution >= 0.6 is 0 Å². The van der Waals surface area contributed by atoms with Crippen molar-refractivity contribution in [3.05, 3.63) is 188 Å². The van der Waals surface area contributed by atoms with Crippen LogP contribution in [0.25, 0.3) is 126 Å². The first-order valence-electron chi connectivity index (χ1n) is 20.2. The summed E-state index contributed by atoms with van der Waals surface area (Å²) in [6, 6.07) is 67.9. The Kier molecular flexibility index (Phi) is 5.96. The largest absolute Gasteiger partial charge is 0.309 e. The number of para-hydroxylation sites is 6. The van der Waals surface area contributed by atoms with Crippen molar-refractivity contribution in [3.63, 3.8) is 0 Å². The summed E-state index contributed by atoms with van der Waals surface area (Å²) in [6.07, 6.45) is 0. The molecule has 59 heavy (non-hydrogen) atoms. The van der Waals surface area contributed by atoms with Gasteiger partial charge in [-0.15, -0.1) is 0 Å². The van der Waals surface area contributed by atoms with Gasteiger partial charge in [0.05, 0.1) is 49.7 Å². The zero-order valence-corrected chi connectivity index (χ0v) is 31.6. The maximum absolute atomic E-state index is 5.63. The number of fused-ring (bicyclic) bond motifs is 16. The van der Waals surface area contributed by atoms with E-state index in [9.17, 15) is 0 Å². The van der Waals surface area contributed by atoms with Crippen LogP contribution in [-0.2, 0) is 0 Å². The van der Waals surface area contributed by atoms with Crippen LogP contribution in [0.4, 0.5) is 0 Å². The summed E-state index contributed by atoms with van der Waals surface area (Å²) >= 11 is 0. The Morgan fingerprint density at radius 3 is 1.76 bits per heavy atom. The first-order chi connectivity index (χ1) is 29.3. The molecule has 0 N–H and O–H groups in total. The smallest absolute Gasteiger partial charge is 0.165 e. The van der Waals surface area contributed by atoms with Gasteiger partial charge in [0.2, 0.25) is 0 Å². The van der Waals surface area contributed by atoms with Crippen molar-refractivity contribution in [2.45, 2.75) is 0 Å². The molecular formula is C54H31N5. The first-order valence-corrected chi connectivity index (χ1v) is 20.2. The Morgan fingerprint density at radius 1 is 0.339 bits per heavy atom. The van der Waals surface area contributed by atoms with Crippen molar-refractivity contribution in [2.24, 2.45) is 0 Å². The molecule has 14 rings (SSSR count). The van der Waals surface area contributed by atoms with Crippen LogP contribution in [0.3, 0.4) is 0 Å². The molecule has 0 fully saturated rings. The minimum atomic E-state index is 0.813. The maximum Gasteiger partial charge on any atom is 0.165 e. The van der Waals surface area contributed by atoms with Crippen LogP contribution in [0.1, 0.15) is 0 Å². The van der Waals surface area contributed by atoms with E-state index in [1.807, 2.05) is 0 Å². The molecule has 0 bridgehead atoms. The highest BCUT2D eigenvalue weighted by molar-refractivity contribution is 6.36. The molecule has 0 unspecified atom stereocenters. The van der Waals surface area contributed by atoms with Gasteiger partial charge in [0.25, 0.3) is 0 Å². The van der Waals surface area contributed by atoms with Crippen LogP contribution in [0, 0.1) is 0 Å². The second-order valence-corrected chi connectivity index (χ2v) is 15.7. The predicted octanol–water partition coefficient (Wildman–Crippen LogP) is 13.8. The highest BCUT2D eigenvalue weighted by atomic mass is 15.1. The molecule has 272 valence electrons. The van der Waals surface area contributed by atoms with E-state index in [0.29, 0.717) is 0 Å². The molecule has 5 heteroatoms. The van der Waals surface area contributed by atoms with Crippen molar-refractivity contribution in [1.29, 1.82) is 0 Å². The minimum Gasteiger partial charge on any atom is -0.309 e. The fourth-order valence-electron chi connectivity index (χ4n) is 10.3. The van der Waals surface area contributed by atoms with Crippen LogP contribution in [0.2, 0.25) is 0 Å². The van der Waals surface area contributed by atoms with Gasteiger partial charge in [0, 0.05) is 54.3 Å². The quantitative estimate of drug-likeness (QED) is 0.180. The number of benzene rings is 9. The predicted molar refractivity (Wildman–Crippen MR) is 246 cm³/mol. The number of hydrogen-bond donors (Lipinski definition) is 0. The summed E-state index contributed by atoms with van der Waals surface area (Å²) in [6.45, 7) is 0. The maximum atomic E-state index is 5.63. The minimum absolute atomic E-state index is 0.813. The van der Waals surface area contributed by atoms with Gasteiger partial charge >= 0.3 is 0 Å². The Bertz CT molecular complexity index is 4070. The van der Waals surface area contributed by atoms with Gasteiger partial charge < -0.3 is 8.97 Å². The summed E-state index contributed by atoms with van der Waals surface area (Å²) in [4.78, 5) is 11.2. The molecule has 0 saturated heterocycles. The number of rotatable bonds is 3. The second-order valence-electron chi connectivity index (χ2n) is 15.7. The highest BCUT2D eigenvalue weighted by Crippen LogP contribution is 2.48. The van der Waals surface area contributed by atoms with E-state index in [4.69, 9.17) is 9.97 Å². The molecule has 0 aliphatic carbocycles. The van der Waals surface area contributed by atoms with E-state index in [0.717, 1.165) is 50.3 Å². The molecule has 5 nitrogen and oxygen atoms in total. The van der Waals surface area contributed by atoms with Crippen LogP contribution in [-0.4, -0.2) is 23.5 Å². The van der Waals surface area contributed by atoms with E-state index in [2.05, 4.69) is 202 Å². The monoisotopic (exact) mass is 749 g/mol. The Balaban J connectivity index is 1.18. The van der Waals surface area contributed by atoms with Gasteiger partial charge in [-0.2, -0.15) is 0 Å². The molecule has 5 heterocycles. The molecule has 0 aliphatic rings. The van der Waals surface area contributed by atoms with Crippen molar-refractivity contribution in [1.82, 2.24) is 23.5 Å². The molecule has 0 aliphatic heterocycles. The lowest BCUT2D eigenvalue weighted by Gasteiger charge is -2.15. The van der Waals surface area contributed by atoms with Gasteiger partial charge in [0.15, 0.2) is 5.82 Å². The first kappa shape index (κ1) is 31.1. The zero-order chi connectivity index (χ0) is 38.3. The van der Waals surface area contributed by atoms with Crippen LogP contribution in [0.5, 0.6) is 0 Å². The zero-order valence-electron chi connectivity index (χ0n) is 31.6. The average Bonchev–Trinajstić information content (AvgIpc) is 4.03. The summed E-state index contributed by atoms with van der Waals surface area (Å²) in [5, 5.41) is 12.2. The van der Waals surface area contributed by atoms with Gasteiger partial charge in [0.1, 0.15) is 5.69 Å². The van der Waals surface area contributed by atoms with Gasteiger partial charge in [-0.3, -0.25) is 4.57 Å². The third-order valence-electron chi connectivity index (χ3n) is 12.7. The molecule has 5 aromatic heterocycles. The topological polar surface area (TPSA) is 40.0 Å². The Morgan fingerprint density at radius 2 is 0.949 bits per heavy atom. The standard InChI is InChI=1S/C54H31N5/c1-2-15-34(16-3-1)57-44-23-11-6-18-36(44)39-30-33(27-28-47(39)57)51-54(56-43-22-10-9-21-42(43)55-51)59-48-29-26-32-14-4-5-17-35(32)49(48)41-31-40-37-19-7-12-24-45(37)58-46-25-13-8-20-38(46)50(52(40)58)53(41)59/h1-31H. The van der Waals surface area contributed by atoms with Crippen molar-refractivity contribution in [2.75, 3.05) is 0 Å². The third-order valence-corrected chi connectivity index (χ3v) is 12.7. The van der Waals surface area contributed by atoms with Crippen LogP contribution < -0.4 is 0 Å². The molecule has 0 atom stereocenters. The molecule has 0 radical (unpaired) electrons. The van der Waals surface area contributed by atoms with E-state index < -0.39 is 0 Å². The molecule has 14 aromatic rings. The number of hydrogen-bond acceptors (Lipinski definition) is 2. The summed E-state index contributed by atoms with van der Waals surface area (Å²) in [5.41, 5.74) is 12.9. The SMILES string of the molecule is c1ccc(-n2c3ccccc3c3cc(-c4nc5ccccc5nc4-n4c5ccc6ccccc6c5c5cc6c7ccccc7n7c8ccccc8c(c54)c67)ccc32)cc1. The van der Waals surface area contributed by atoms with Crippen molar-refractivity contribution < 1.29 is 0 Å². The third kappa shape index (κ3) is 4.03.